The molecule has 0 unspecified atom stereocenters. The van der Waals surface area contributed by atoms with Gasteiger partial charge in [0.25, 0.3) is 0 Å². The molecule has 0 aliphatic carbocycles. The fourth-order valence-corrected chi connectivity index (χ4v) is 4.06. The molecule has 2 heterocycles. The van der Waals surface area contributed by atoms with Gasteiger partial charge in [-0.25, -0.2) is 4.98 Å². The number of amides is 2. The second-order valence-corrected chi connectivity index (χ2v) is 8.18. The Bertz CT molecular complexity index is 1060. The minimum atomic E-state index is -0.226. The predicted molar refractivity (Wildman–Crippen MR) is 122 cm³/mol. The maximum absolute atomic E-state index is 12.4. The monoisotopic (exact) mass is 458 g/mol. The number of carbonyl (C=O) groups excluding carboxylic acids is 2. The quantitative estimate of drug-likeness (QED) is 0.355. The standard InChI is InChI=1S/C20H22N6O3S2/c1-4-9-26-16(10-17(27)22-14-5-7-15(29-3)8-6-14)24-25-20(26)31-12-18(28)23-19-21-13(2)11-30-19/h4-8,11H,1,9-10,12H2,2-3H3,(H,22,27)(H,21,23,28). The van der Waals surface area contributed by atoms with Crippen LogP contribution in [0.1, 0.15) is 11.5 Å². The van der Waals surface area contributed by atoms with E-state index in [0.29, 0.717) is 34.1 Å². The Hall–Kier alpha value is -3.18. The van der Waals surface area contributed by atoms with Crippen molar-refractivity contribution in [2.45, 2.75) is 25.0 Å². The number of thiazole rings is 1. The predicted octanol–water partition coefficient (Wildman–Crippen LogP) is 3.15. The largest absolute Gasteiger partial charge is 0.497 e. The number of anilines is 2. The van der Waals surface area contributed by atoms with Crippen molar-refractivity contribution in [3.05, 3.63) is 53.8 Å². The number of hydrogen-bond donors (Lipinski definition) is 2. The Morgan fingerprint density at radius 2 is 2.00 bits per heavy atom. The van der Waals surface area contributed by atoms with Crippen LogP contribution in [0, 0.1) is 6.92 Å². The number of ether oxygens (including phenoxy) is 1. The number of carbonyl (C=O) groups is 2. The molecule has 0 fully saturated rings. The molecule has 2 aromatic heterocycles. The molecule has 0 saturated carbocycles. The van der Waals surface area contributed by atoms with Crippen LogP contribution in [0.15, 0.2) is 47.5 Å². The second-order valence-electron chi connectivity index (χ2n) is 6.38. The summed E-state index contributed by atoms with van der Waals surface area (Å²) in [5, 5.41) is 16.8. The third kappa shape index (κ3) is 6.40. The maximum atomic E-state index is 12.4. The number of nitrogens with zero attached hydrogens (tertiary/aromatic N) is 4. The molecule has 0 atom stereocenters. The average molecular weight is 459 g/mol. The molecule has 11 heteroatoms. The Morgan fingerprint density at radius 1 is 1.23 bits per heavy atom. The van der Waals surface area contributed by atoms with Crippen molar-refractivity contribution < 1.29 is 14.3 Å². The van der Waals surface area contributed by atoms with E-state index in [1.165, 1.54) is 23.1 Å². The summed E-state index contributed by atoms with van der Waals surface area (Å²) in [7, 11) is 1.58. The van der Waals surface area contributed by atoms with E-state index in [1.807, 2.05) is 12.3 Å². The molecular formula is C20H22N6O3S2. The van der Waals surface area contributed by atoms with Crippen LogP contribution in [0.4, 0.5) is 10.8 Å². The zero-order valence-electron chi connectivity index (χ0n) is 17.1. The smallest absolute Gasteiger partial charge is 0.236 e. The summed E-state index contributed by atoms with van der Waals surface area (Å²) in [5.74, 6) is 0.928. The first-order valence-corrected chi connectivity index (χ1v) is 11.2. The zero-order chi connectivity index (χ0) is 22.2. The Labute approximate surface area is 187 Å². The van der Waals surface area contributed by atoms with Crippen molar-refractivity contribution >= 4 is 45.7 Å². The fraction of sp³-hybridized carbons (Fsp3) is 0.250. The molecule has 3 aromatic rings. The van der Waals surface area contributed by atoms with E-state index in [-0.39, 0.29) is 24.0 Å². The summed E-state index contributed by atoms with van der Waals surface area (Å²) in [6.07, 6.45) is 1.73. The number of thioether (sulfide) groups is 1. The average Bonchev–Trinajstić information content (AvgIpc) is 3.33. The molecule has 2 N–H and O–H groups in total. The van der Waals surface area contributed by atoms with Crippen LogP contribution in [0.5, 0.6) is 5.75 Å². The molecule has 0 saturated heterocycles. The molecule has 31 heavy (non-hydrogen) atoms. The molecular weight excluding hydrogens is 436 g/mol. The van der Waals surface area contributed by atoms with Gasteiger partial charge in [0, 0.05) is 17.6 Å². The minimum absolute atomic E-state index is 0.0397. The molecule has 0 aliphatic heterocycles. The lowest BCUT2D eigenvalue weighted by atomic mass is 10.3. The van der Waals surface area contributed by atoms with E-state index in [4.69, 9.17) is 4.74 Å². The number of aryl methyl sites for hydroxylation is 1. The van der Waals surface area contributed by atoms with Crippen LogP contribution < -0.4 is 15.4 Å². The number of methoxy groups -OCH3 is 1. The summed E-state index contributed by atoms with van der Waals surface area (Å²) in [6, 6.07) is 7.05. The van der Waals surface area contributed by atoms with E-state index < -0.39 is 0 Å². The number of rotatable bonds is 10. The van der Waals surface area contributed by atoms with Crippen molar-refractivity contribution in [1.82, 2.24) is 19.7 Å². The van der Waals surface area contributed by atoms with Crippen LogP contribution in [-0.2, 0) is 22.6 Å². The first kappa shape index (κ1) is 22.5. The topological polar surface area (TPSA) is 111 Å². The molecule has 0 spiro atoms. The van der Waals surface area contributed by atoms with Crippen LogP contribution in [0.25, 0.3) is 0 Å². The minimum Gasteiger partial charge on any atom is -0.497 e. The lowest BCUT2D eigenvalue weighted by molar-refractivity contribution is -0.116. The zero-order valence-corrected chi connectivity index (χ0v) is 18.8. The molecule has 1 aromatic carbocycles. The second kappa shape index (κ2) is 10.7. The SMILES string of the molecule is C=CCn1c(CC(=O)Nc2ccc(OC)cc2)nnc1SCC(=O)Nc1nc(C)cs1. The lowest BCUT2D eigenvalue weighted by Gasteiger charge is -2.09. The van der Waals surface area contributed by atoms with Crippen molar-refractivity contribution in [3.8, 4) is 5.75 Å². The van der Waals surface area contributed by atoms with Crippen LogP contribution in [0.3, 0.4) is 0 Å². The number of allylic oxidation sites excluding steroid dienone is 1. The number of aromatic nitrogens is 4. The van der Waals surface area contributed by atoms with Gasteiger partial charge in [-0.15, -0.1) is 28.1 Å². The van der Waals surface area contributed by atoms with Gasteiger partial charge in [0.05, 0.1) is 25.0 Å². The first-order chi connectivity index (χ1) is 15.0. The third-order valence-electron chi connectivity index (χ3n) is 4.00. The number of nitrogens with one attached hydrogen (secondary N) is 2. The molecule has 9 nitrogen and oxygen atoms in total. The third-order valence-corrected chi connectivity index (χ3v) is 5.84. The van der Waals surface area contributed by atoms with E-state index in [9.17, 15) is 9.59 Å². The van der Waals surface area contributed by atoms with Crippen LogP contribution in [-0.4, -0.2) is 44.4 Å². The molecule has 162 valence electrons. The number of hydrogen-bond acceptors (Lipinski definition) is 8. The van der Waals surface area contributed by atoms with Gasteiger partial charge in [-0.1, -0.05) is 17.8 Å². The maximum Gasteiger partial charge on any atom is 0.236 e. The van der Waals surface area contributed by atoms with Gasteiger partial charge in [-0.2, -0.15) is 0 Å². The molecule has 2 amide bonds. The molecule has 0 radical (unpaired) electrons. The number of benzene rings is 1. The van der Waals surface area contributed by atoms with E-state index in [1.54, 1.807) is 42.0 Å². The summed E-state index contributed by atoms with van der Waals surface area (Å²) in [4.78, 5) is 28.8. The van der Waals surface area contributed by atoms with Crippen molar-refractivity contribution in [1.29, 1.82) is 0 Å². The van der Waals surface area contributed by atoms with Crippen molar-refractivity contribution in [3.63, 3.8) is 0 Å². The van der Waals surface area contributed by atoms with Gasteiger partial charge in [-0.3, -0.25) is 9.59 Å². The normalized spacial score (nSPS) is 10.5. The lowest BCUT2D eigenvalue weighted by Crippen LogP contribution is -2.18. The highest BCUT2D eigenvalue weighted by Gasteiger charge is 2.17. The van der Waals surface area contributed by atoms with Crippen molar-refractivity contribution in [2.24, 2.45) is 0 Å². The van der Waals surface area contributed by atoms with Gasteiger partial charge in [0.15, 0.2) is 10.3 Å². The van der Waals surface area contributed by atoms with Gasteiger partial charge in [0.2, 0.25) is 11.8 Å². The summed E-state index contributed by atoms with van der Waals surface area (Å²) < 4.78 is 6.88. The van der Waals surface area contributed by atoms with Crippen molar-refractivity contribution in [2.75, 3.05) is 23.5 Å². The molecule has 0 bridgehead atoms. The Morgan fingerprint density at radius 3 is 2.65 bits per heavy atom. The van der Waals surface area contributed by atoms with Gasteiger partial charge < -0.3 is 19.9 Å². The highest BCUT2D eigenvalue weighted by atomic mass is 32.2. The molecule has 3 rings (SSSR count). The van der Waals surface area contributed by atoms with E-state index in [2.05, 4.69) is 32.4 Å². The van der Waals surface area contributed by atoms with Gasteiger partial charge in [-0.05, 0) is 31.2 Å². The highest BCUT2D eigenvalue weighted by Crippen LogP contribution is 2.20. The van der Waals surface area contributed by atoms with Gasteiger partial charge >= 0.3 is 0 Å². The summed E-state index contributed by atoms with van der Waals surface area (Å²) in [6.45, 7) is 6.04. The van der Waals surface area contributed by atoms with E-state index >= 15 is 0 Å². The fourth-order valence-electron chi connectivity index (χ4n) is 2.59. The Kier molecular flexibility index (Phi) is 7.79. The highest BCUT2D eigenvalue weighted by molar-refractivity contribution is 7.99. The summed E-state index contributed by atoms with van der Waals surface area (Å²) in [5.41, 5.74) is 1.51. The van der Waals surface area contributed by atoms with Gasteiger partial charge in [0.1, 0.15) is 11.6 Å². The van der Waals surface area contributed by atoms with E-state index in [0.717, 1.165) is 5.69 Å². The van der Waals surface area contributed by atoms with Crippen LogP contribution in [0.2, 0.25) is 0 Å². The summed E-state index contributed by atoms with van der Waals surface area (Å²) >= 11 is 2.61. The first-order valence-electron chi connectivity index (χ1n) is 9.30. The molecule has 0 aliphatic rings. The van der Waals surface area contributed by atoms with Crippen LogP contribution >= 0.6 is 23.1 Å². The Balaban J connectivity index is 1.60.